The van der Waals surface area contributed by atoms with E-state index in [4.69, 9.17) is 11.5 Å². The molecule has 14 N–H and O–H groups in total. The molecule has 28 nitrogen and oxygen atoms in total. The van der Waals surface area contributed by atoms with Gasteiger partial charge in [0.05, 0.1) is 32.2 Å². The van der Waals surface area contributed by atoms with Gasteiger partial charge in [0.15, 0.2) is 0 Å². The monoisotopic (exact) mass is 1230 g/mol. The number of amides is 12. The van der Waals surface area contributed by atoms with E-state index in [0.29, 0.717) is 11.1 Å². The number of primary amides is 1. The number of rotatable bonds is 34. The lowest BCUT2D eigenvalue weighted by Gasteiger charge is -2.30. The van der Waals surface area contributed by atoms with Crippen LogP contribution in [0.25, 0.3) is 0 Å². The summed E-state index contributed by atoms with van der Waals surface area (Å²) in [6, 6.07) is 13.4. The second-order valence-electron chi connectivity index (χ2n) is 21.8. The van der Waals surface area contributed by atoms with Crippen LogP contribution in [0, 0.1) is 11.8 Å². The lowest BCUT2D eigenvalue weighted by atomic mass is 10.00. The standard InChI is InChI=1S/C60H83N13O15/c1-33(2)25-42(67-48(76)31-64-57(85)46(28-40-23-17-12-18-24-40)73(9)59(87)36(6)66-53(81)41(61)26-38-19-13-10-14-20-38)55(83)65-35(5)51(79)71-50(34(3)4)58(86)68-43(27-39-21-15-11-16-22-39)56(84)69-44(29-49(77)78)60(88)72(8)37(7)52(80)70-45(32-74)54(82)63-30-47(62)75/h10-24,33-35,37,41-46,50,74H,25-32,61H2,1-9H3,(H2,62,75)(H,63,82)(H,64,85)(H,65,83)(H,67,76)(H,68,86)(H,69,84)(H,70,80)(H,71,79)(H,77,78)/t35-,37-,41-,42-,43-,44-,45-,46-,50-/m0/s1. The van der Waals surface area contributed by atoms with Gasteiger partial charge in [0.25, 0.3) is 11.8 Å². The molecule has 0 saturated heterocycles. The number of nitrogens with zero attached hydrogens (tertiary/aromatic N) is 3. The Morgan fingerprint density at radius 1 is 0.545 bits per heavy atom. The smallest absolute Gasteiger partial charge is 0.305 e. The van der Waals surface area contributed by atoms with Gasteiger partial charge in [0.2, 0.25) is 59.1 Å². The minimum atomic E-state index is -1.84. The van der Waals surface area contributed by atoms with E-state index in [1.165, 1.54) is 27.8 Å². The van der Waals surface area contributed by atoms with Gasteiger partial charge >= 0.3 is 5.97 Å². The van der Waals surface area contributed by atoms with Crippen molar-refractivity contribution in [2.75, 3.05) is 33.8 Å². The van der Waals surface area contributed by atoms with Crippen molar-refractivity contribution in [3.63, 3.8) is 0 Å². The summed E-state index contributed by atoms with van der Waals surface area (Å²) < 4.78 is 0. The number of likely N-dealkylation sites (N-methyl/N-ethyl adjacent to an activating group) is 2. The second-order valence-corrected chi connectivity index (χ2v) is 21.8. The van der Waals surface area contributed by atoms with Crippen molar-refractivity contribution >= 4 is 82.6 Å². The van der Waals surface area contributed by atoms with Gasteiger partial charge in [-0.05, 0) is 62.1 Å². The molecule has 0 bridgehead atoms. The van der Waals surface area contributed by atoms with E-state index < -0.39 is 163 Å². The van der Waals surface area contributed by atoms with Crippen LogP contribution in [-0.4, -0.2) is 191 Å². The highest BCUT2D eigenvalue weighted by molar-refractivity contribution is 6.39. The van der Waals surface area contributed by atoms with Gasteiger partial charge in [0.1, 0.15) is 54.0 Å². The van der Waals surface area contributed by atoms with Crippen LogP contribution in [-0.2, 0) is 81.6 Å². The number of aliphatic carboxylic acids is 1. The summed E-state index contributed by atoms with van der Waals surface area (Å²) in [6.45, 7) is 8.42. The highest BCUT2D eigenvalue weighted by Crippen LogP contribution is 2.14. The molecule has 478 valence electrons. The van der Waals surface area contributed by atoms with Crippen molar-refractivity contribution < 1.29 is 72.5 Å². The van der Waals surface area contributed by atoms with Crippen LogP contribution < -0.4 is 54.0 Å². The Kier molecular flexibility index (Phi) is 29.7. The Bertz CT molecular complexity index is 2970. The molecule has 28 heteroatoms. The van der Waals surface area contributed by atoms with Crippen LogP contribution in [0.2, 0.25) is 0 Å². The molecule has 0 unspecified atom stereocenters. The molecule has 3 rings (SSSR count). The van der Waals surface area contributed by atoms with E-state index in [2.05, 4.69) is 47.5 Å². The van der Waals surface area contributed by atoms with Crippen LogP contribution >= 0.6 is 0 Å². The molecule has 0 aliphatic heterocycles. The number of carboxylic acid groups (broad SMARTS) is 1. The van der Waals surface area contributed by atoms with Crippen LogP contribution in [0.4, 0.5) is 0 Å². The summed E-state index contributed by atoms with van der Waals surface area (Å²) in [6.07, 6.45) is -0.975. The van der Waals surface area contributed by atoms with E-state index >= 15 is 0 Å². The third kappa shape index (κ3) is 24.1. The minimum absolute atomic E-state index is 0.00427. The first kappa shape index (κ1) is 72.8. The number of benzene rings is 3. The average molecular weight is 1230 g/mol. The van der Waals surface area contributed by atoms with Crippen molar-refractivity contribution in [1.29, 1.82) is 0 Å². The highest BCUT2D eigenvalue weighted by atomic mass is 16.4. The maximum atomic E-state index is 14.2. The van der Waals surface area contributed by atoms with Crippen molar-refractivity contribution in [3.8, 4) is 0 Å². The molecule has 0 fully saturated rings. The van der Waals surface area contributed by atoms with Gasteiger partial charge in [-0.1, -0.05) is 119 Å². The first-order chi connectivity index (χ1) is 41.4. The molecule has 3 aromatic rings. The number of aliphatic hydroxyl groups is 1. The molecule has 0 aromatic heterocycles. The number of hydrogen-bond acceptors (Lipinski definition) is 15. The Morgan fingerprint density at radius 2 is 1.05 bits per heavy atom. The molecule has 9 atom stereocenters. The summed E-state index contributed by atoms with van der Waals surface area (Å²) in [7, 11) is 2.47. The summed E-state index contributed by atoms with van der Waals surface area (Å²) in [5, 5.41) is 39.1. The molecule has 0 saturated carbocycles. The fourth-order valence-electron chi connectivity index (χ4n) is 8.68. The normalized spacial score (nSPS) is 14.3. The molecule has 0 aliphatic carbocycles. The van der Waals surface area contributed by atoms with Gasteiger partial charge in [-0.25, -0.2) is 4.99 Å². The van der Waals surface area contributed by atoms with Gasteiger partial charge in [-0.2, -0.15) is 0 Å². The summed E-state index contributed by atoms with van der Waals surface area (Å²) in [5.74, 6) is -13.0. The fraction of sp³-hybridized carbons (Fsp3) is 0.467. The van der Waals surface area contributed by atoms with Crippen molar-refractivity contribution in [3.05, 3.63) is 108 Å². The van der Waals surface area contributed by atoms with Crippen molar-refractivity contribution in [1.82, 2.24) is 52.3 Å². The van der Waals surface area contributed by atoms with Gasteiger partial charge in [0, 0.05) is 26.9 Å². The SMILES string of the molecule is CC(=NC(=O)[C@@H](N)Cc1ccccc1)C(=O)N(C)[C@@H](Cc1ccccc1)C(=O)NCC(=O)N[C@@H](CC(C)C)C(=O)N[C@@H](C)C(=O)N[C@H](C(=O)N[C@@H](Cc1ccccc1)C(=O)N[C@@H](CC(=O)O)C(=O)N(C)[C@@H](C)C(=O)N[C@@H](CO)C(=O)NCC(N)=O)C(C)C. The Labute approximate surface area is 510 Å². The number of carboxylic acids is 1. The van der Waals surface area contributed by atoms with E-state index in [1.807, 2.05) is 6.07 Å². The molecule has 12 amide bonds. The predicted molar refractivity (Wildman–Crippen MR) is 321 cm³/mol. The zero-order valence-corrected chi connectivity index (χ0v) is 50.9. The highest BCUT2D eigenvalue weighted by Gasteiger charge is 2.37. The van der Waals surface area contributed by atoms with Crippen molar-refractivity contribution in [2.45, 2.75) is 135 Å². The number of hydrogen-bond donors (Lipinski definition) is 12. The number of carbonyl (C=O) groups excluding carboxylic acids is 12. The van der Waals surface area contributed by atoms with Crippen LogP contribution in [0.1, 0.15) is 78.0 Å². The first-order valence-corrected chi connectivity index (χ1v) is 28.4. The Balaban J connectivity index is 1.75. The van der Waals surface area contributed by atoms with E-state index in [-0.39, 0.29) is 37.3 Å². The average Bonchev–Trinajstić information content (AvgIpc) is 2.46. The summed E-state index contributed by atoms with van der Waals surface area (Å²) in [4.78, 5) is 179. The zero-order valence-electron chi connectivity index (χ0n) is 50.9. The fourth-order valence-corrected chi connectivity index (χ4v) is 8.68. The maximum absolute atomic E-state index is 14.2. The number of carbonyl (C=O) groups is 13. The molecular weight excluding hydrogens is 1140 g/mol. The van der Waals surface area contributed by atoms with E-state index in [0.717, 1.165) is 22.4 Å². The second kappa shape index (κ2) is 35.9. The number of aliphatic imine (C=N–C) groups is 1. The molecule has 0 heterocycles. The molecule has 0 radical (unpaired) electrons. The van der Waals surface area contributed by atoms with Crippen LogP contribution in [0.15, 0.2) is 96.0 Å². The molecule has 0 aliphatic rings. The van der Waals surface area contributed by atoms with Gasteiger partial charge in [-0.3, -0.25) is 62.3 Å². The van der Waals surface area contributed by atoms with E-state index in [9.17, 15) is 72.5 Å². The molecule has 3 aromatic carbocycles. The summed E-state index contributed by atoms with van der Waals surface area (Å²) in [5.41, 5.74) is 12.9. The van der Waals surface area contributed by atoms with Crippen molar-refractivity contribution in [2.24, 2.45) is 28.3 Å². The quantitative estimate of drug-likeness (QED) is 0.0276. The number of nitrogens with two attached hydrogens (primary N) is 2. The lowest BCUT2D eigenvalue weighted by Crippen LogP contribution is -2.61. The number of aliphatic hydroxyl groups excluding tert-OH is 1. The van der Waals surface area contributed by atoms with Gasteiger partial charge < -0.3 is 74.0 Å². The van der Waals surface area contributed by atoms with Gasteiger partial charge in [-0.15, -0.1) is 0 Å². The third-order valence-corrected chi connectivity index (χ3v) is 13.8. The minimum Gasteiger partial charge on any atom is -0.481 e. The third-order valence-electron chi connectivity index (χ3n) is 13.8. The lowest BCUT2D eigenvalue weighted by molar-refractivity contribution is -0.146. The van der Waals surface area contributed by atoms with Crippen LogP contribution in [0.5, 0.6) is 0 Å². The Morgan fingerprint density at radius 3 is 1.56 bits per heavy atom. The molecule has 88 heavy (non-hydrogen) atoms. The first-order valence-electron chi connectivity index (χ1n) is 28.4. The molecular formula is C60H83N13O15. The van der Waals surface area contributed by atoms with E-state index in [1.54, 1.807) is 113 Å². The number of nitrogens with one attached hydrogen (secondary N) is 8. The zero-order chi connectivity index (χ0) is 65.9. The molecule has 0 spiro atoms. The Hall–Kier alpha value is -9.44. The topological polar surface area (TPSA) is 429 Å². The largest absolute Gasteiger partial charge is 0.481 e. The predicted octanol–water partition coefficient (Wildman–Crippen LogP) is -2.48. The van der Waals surface area contributed by atoms with Crippen LogP contribution in [0.3, 0.4) is 0 Å². The maximum Gasteiger partial charge on any atom is 0.305 e. The summed E-state index contributed by atoms with van der Waals surface area (Å²) >= 11 is 0.